The maximum atomic E-state index is 12.2. The van der Waals surface area contributed by atoms with E-state index in [1.54, 1.807) is 12.1 Å². The van der Waals surface area contributed by atoms with E-state index >= 15 is 0 Å². The van der Waals surface area contributed by atoms with Crippen molar-refractivity contribution in [1.82, 2.24) is 9.97 Å². The number of rotatable bonds is 5. The number of nitrogens with two attached hydrogens (primary N) is 1. The third-order valence-corrected chi connectivity index (χ3v) is 4.30. The summed E-state index contributed by atoms with van der Waals surface area (Å²) in [5.41, 5.74) is 10.4. The quantitative estimate of drug-likeness (QED) is 0.435. The Bertz CT molecular complexity index is 1130. The molecule has 0 fully saturated rings. The van der Waals surface area contributed by atoms with Crippen LogP contribution in [0.2, 0.25) is 0 Å². The number of aromatic nitrogens is 2. The van der Waals surface area contributed by atoms with Crippen LogP contribution < -0.4 is 16.4 Å². The van der Waals surface area contributed by atoms with Crippen LogP contribution in [0.1, 0.15) is 10.4 Å². The molecule has 0 atom stereocenters. The van der Waals surface area contributed by atoms with Crippen molar-refractivity contribution >= 4 is 28.8 Å². The van der Waals surface area contributed by atoms with E-state index in [9.17, 15) is 4.79 Å². The Morgan fingerprint density at radius 2 is 1.55 bits per heavy atom. The van der Waals surface area contributed by atoms with Crippen molar-refractivity contribution in [3.05, 3.63) is 96.8 Å². The summed E-state index contributed by atoms with van der Waals surface area (Å²) in [6.45, 7) is 0. The van der Waals surface area contributed by atoms with Crippen LogP contribution in [0.3, 0.4) is 0 Å². The van der Waals surface area contributed by atoms with Gasteiger partial charge in [0.15, 0.2) is 0 Å². The molecule has 6 heteroatoms. The summed E-state index contributed by atoms with van der Waals surface area (Å²) in [5, 5.41) is 6.13. The molecule has 0 aliphatic rings. The fourth-order valence-corrected chi connectivity index (χ4v) is 2.86. The predicted octanol–water partition coefficient (Wildman–Crippen LogP) is 4.72. The van der Waals surface area contributed by atoms with E-state index in [-0.39, 0.29) is 5.91 Å². The minimum atomic E-state index is -0.145. The summed E-state index contributed by atoms with van der Waals surface area (Å²) in [4.78, 5) is 20.8. The molecule has 6 nitrogen and oxygen atoms in total. The van der Waals surface area contributed by atoms with Gasteiger partial charge in [-0.1, -0.05) is 30.3 Å². The maximum Gasteiger partial charge on any atom is 0.255 e. The van der Waals surface area contributed by atoms with E-state index in [0.717, 1.165) is 16.9 Å². The van der Waals surface area contributed by atoms with Crippen LogP contribution >= 0.6 is 0 Å². The van der Waals surface area contributed by atoms with Crippen LogP contribution in [0.15, 0.2) is 91.3 Å². The molecule has 1 heterocycles. The fraction of sp³-hybridized carbons (Fsp3) is 0. The van der Waals surface area contributed by atoms with Crippen molar-refractivity contribution in [2.75, 3.05) is 16.4 Å². The molecule has 142 valence electrons. The van der Waals surface area contributed by atoms with E-state index in [0.29, 0.717) is 22.8 Å². The van der Waals surface area contributed by atoms with Crippen LogP contribution in [-0.2, 0) is 0 Å². The van der Waals surface area contributed by atoms with Gasteiger partial charge in [0.05, 0.1) is 5.69 Å². The molecule has 4 N–H and O–H groups in total. The molecule has 0 radical (unpaired) electrons. The van der Waals surface area contributed by atoms with E-state index in [2.05, 4.69) is 20.6 Å². The number of nitrogens with one attached hydrogen (secondary N) is 2. The third kappa shape index (κ3) is 4.56. The number of amides is 1. The number of hydrogen-bond donors (Lipinski definition) is 3. The van der Waals surface area contributed by atoms with E-state index in [1.807, 2.05) is 72.8 Å². The summed E-state index contributed by atoms with van der Waals surface area (Å²) in [5.74, 6) is 0.521. The first kappa shape index (κ1) is 18.2. The highest BCUT2D eigenvalue weighted by molar-refractivity contribution is 6.04. The van der Waals surface area contributed by atoms with Gasteiger partial charge >= 0.3 is 0 Å². The molecule has 0 aliphatic carbocycles. The van der Waals surface area contributed by atoms with Crippen molar-refractivity contribution in [2.45, 2.75) is 0 Å². The Morgan fingerprint density at radius 3 is 2.31 bits per heavy atom. The molecule has 0 bridgehead atoms. The number of carbonyl (C=O) groups is 1. The van der Waals surface area contributed by atoms with Gasteiger partial charge in [0.2, 0.25) is 0 Å². The molecule has 0 unspecified atom stereocenters. The molecular weight excluding hydrogens is 362 g/mol. The lowest BCUT2D eigenvalue weighted by Crippen LogP contribution is -2.11. The number of nitrogens with zero attached hydrogens (tertiary/aromatic N) is 2. The Morgan fingerprint density at radius 1 is 0.793 bits per heavy atom. The van der Waals surface area contributed by atoms with E-state index < -0.39 is 0 Å². The topological polar surface area (TPSA) is 92.9 Å². The Kier molecular flexibility index (Phi) is 5.16. The number of nitrogen functional groups attached to an aromatic ring is 1. The average Bonchev–Trinajstić information content (AvgIpc) is 2.76. The van der Waals surface area contributed by atoms with E-state index in [1.165, 1.54) is 6.33 Å². The maximum absolute atomic E-state index is 12.2. The molecule has 0 spiro atoms. The predicted molar refractivity (Wildman–Crippen MR) is 116 cm³/mol. The molecule has 1 amide bonds. The van der Waals surface area contributed by atoms with Crippen LogP contribution in [0.25, 0.3) is 11.3 Å². The van der Waals surface area contributed by atoms with Crippen molar-refractivity contribution in [3.63, 3.8) is 0 Å². The third-order valence-electron chi connectivity index (χ3n) is 4.30. The van der Waals surface area contributed by atoms with Gasteiger partial charge in [0.1, 0.15) is 12.1 Å². The highest BCUT2D eigenvalue weighted by Crippen LogP contribution is 2.23. The summed E-state index contributed by atoms with van der Waals surface area (Å²) in [6, 6.07) is 25.9. The first-order chi connectivity index (χ1) is 14.2. The number of carbonyl (C=O) groups excluding carboxylic acids is 1. The lowest BCUT2D eigenvalue weighted by molar-refractivity contribution is 0.102. The van der Waals surface area contributed by atoms with Crippen molar-refractivity contribution in [2.24, 2.45) is 0 Å². The zero-order chi connectivity index (χ0) is 20.1. The lowest BCUT2D eigenvalue weighted by Gasteiger charge is -2.09. The minimum absolute atomic E-state index is 0.145. The van der Waals surface area contributed by atoms with Crippen LogP contribution in [-0.4, -0.2) is 15.9 Å². The SMILES string of the molecule is Nc1cccc(-c2cc(Nc3ccc(NC(=O)c4ccccc4)cc3)ncn2)c1. The monoisotopic (exact) mass is 381 g/mol. The van der Waals surface area contributed by atoms with Gasteiger partial charge in [0, 0.05) is 34.3 Å². The van der Waals surface area contributed by atoms with Gasteiger partial charge in [-0.2, -0.15) is 0 Å². The molecule has 0 saturated carbocycles. The lowest BCUT2D eigenvalue weighted by atomic mass is 10.1. The van der Waals surface area contributed by atoms with Gasteiger partial charge < -0.3 is 16.4 Å². The average molecular weight is 381 g/mol. The van der Waals surface area contributed by atoms with Gasteiger partial charge in [-0.15, -0.1) is 0 Å². The summed E-state index contributed by atoms with van der Waals surface area (Å²) < 4.78 is 0. The van der Waals surface area contributed by atoms with Gasteiger partial charge in [0.25, 0.3) is 5.91 Å². The smallest absolute Gasteiger partial charge is 0.255 e. The Balaban J connectivity index is 1.45. The molecule has 29 heavy (non-hydrogen) atoms. The highest BCUT2D eigenvalue weighted by Gasteiger charge is 2.06. The number of benzene rings is 3. The largest absolute Gasteiger partial charge is 0.399 e. The van der Waals surface area contributed by atoms with Crippen molar-refractivity contribution in [1.29, 1.82) is 0 Å². The molecular formula is C23H19N5O. The molecule has 1 aromatic heterocycles. The number of anilines is 4. The Hall–Kier alpha value is -4.19. The van der Waals surface area contributed by atoms with Crippen molar-refractivity contribution < 1.29 is 4.79 Å². The standard InChI is InChI=1S/C23H19N5O/c24-18-8-4-7-17(13-18)21-14-22(26-15-25-21)27-19-9-11-20(12-10-19)28-23(29)16-5-2-1-3-6-16/h1-15H,24H2,(H,28,29)(H,25,26,27). The zero-order valence-electron chi connectivity index (χ0n) is 15.5. The van der Waals surface area contributed by atoms with Crippen molar-refractivity contribution in [3.8, 4) is 11.3 Å². The molecule has 4 aromatic rings. The minimum Gasteiger partial charge on any atom is -0.399 e. The highest BCUT2D eigenvalue weighted by atomic mass is 16.1. The molecule has 4 rings (SSSR count). The fourth-order valence-electron chi connectivity index (χ4n) is 2.86. The second kappa shape index (κ2) is 8.22. The molecule has 3 aromatic carbocycles. The molecule has 0 aliphatic heterocycles. The van der Waals surface area contributed by atoms with Crippen LogP contribution in [0.4, 0.5) is 22.9 Å². The first-order valence-corrected chi connectivity index (χ1v) is 9.09. The molecule has 0 saturated heterocycles. The van der Waals surface area contributed by atoms with Gasteiger partial charge in [-0.05, 0) is 48.5 Å². The van der Waals surface area contributed by atoms with Crippen LogP contribution in [0, 0.1) is 0 Å². The summed E-state index contributed by atoms with van der Waals surface area (Å²) in [6.07, 6.45) is 1.51. The Labute approximate surface area is 168 Å². The van der Waals surface area contributed by atoms with E-state index in [4.69, 9.17) is 5.73 Å². The van der Waals surface area contributed by atoms with Gasteiger partial charge in [-0.25, -0.2) is 9.97 Å². The number of hydrogen-bond acceptors (Lipinski definition) is 5. The second-order valence-corrected chi connectivity index (χ2v) is 6.44. The van der Waals surface area contributed by atoms with Gasteiger partial charge in [-0.3, -0.25) is 4.79 Å². The second-order valence-electron chi connectivity index (χ2n) is 6.44. The summed E-state index contributed by atoms with van der Waals surface area (Å²) >= 11 is 0. The first-order valence-electron chi connectivity index (χ1n) is 9.09. The summed E-state index contributed by atoms with van der Waals surface area (Å²) in [7, 11) is 0. The zero-order valence-corrected chi connectivity index (χ0v) is 15.5. The normalized spacial score (nSPS) is 10.3. The van der Waals surface area contributed by atoms with Crippen LogP contribution in [0.5, 0.6) is 0 Å².